The molecule has 0 aromatic heterocycles. The number of aliphatic carboxylic acids is 1. The first kappa shape index (κ1) is 17.1. The summed E-state index contributed by atoms with van der Waals surface area (Å²) >= 11 is 0. The van der Waals surface area contributed by atoms with Crippen molar-refractivity contribution in [2.45, 2.75) is 32.4 Å². The van der Waals surface area contributed by atoms with Gasteiger partial charge in [-0.2, -0.15) is 13.2 Å². The van der Waals surface area contributed by atoms with Crippen LogP contribution in [0.3, 0.4) is 0 Å². The summed E-state index contributed by atoms with van der Waals surface area (Å²) in [5, 5.41) is 9.49. The largest absolute Gasteiger partial charge is 0.481 e. The fraction of sp³-hybridized carbons (Fsp3) is 0.278. The van der Waals surface area contributed by atoms with Crippen molar-refractivity contribution in [2.24, 2.45) is 0 Å². The number of hydrogen-bond donors (Lipinski definition) is 1. The van der Waals surface area contributed by atoms with Crippen LogP contribution in [0, 0.1) is 13.8 Å². The number of carbonyl (C=O) groups is 1. The van der Waals surface area contributed by atoms with Crippen LogP contribution in [0.25, 0.3) is 0 Å². The Kier molecular flexibility index (Phi) is 4.78. The summed E-state index contributed by atoms with van der Waals surface area (Å²) in [6.45, 7) is 3.71. The SMILES string of the molecule is Cc1ccc(C(Cc2cccc(C(F)(F)F)c2)C(=O)O)c(C)c1. The molecule has 2 aromatic rings. The molecule has 0 saturated carbocycles. The lowest BCUT2D eigenvalue weighted by molar-refractivity contribution is -0.138. The van der Waals surface area contributed by atoms with Gasteiger partial charge in [-0.25, -0.2) is 0 Å². The number of carboxylic acid groups (broad SMARTS) is 1. The average molecular weight is 322 g/mol. The van der Waals surface area contributed by atoms with Gasteiger partial charge >= 0.3 is 12.1 Å². The van der Waals surface area contributed by atoms with Gasteiger partial charge in [-0.05, 0) is 43.0 Å². The van der Waals surface area contributed by atoms with E-state index >= 15 is 0 Å². The highest BCUT2D eigenvalue weighted by Gasteiger charge is 2.31. The molecule has 0 amide bonds. The molecule has 0 bridgehead atoms. The highest BCUT2D eigenvalue weighted by atomic mass is 19.4. The third-order valence-corrected chi connectivity index (χ3v) is 3.79. The van der Waals surface area contributed by atoms with Crippen molar-refractivity contribution in [3.63, 3.8) is 0 Å². The molecule has 0 spiro atoms. The van der Waals surface area contributed by atoms with Crippen LogP contribution in [0.15, 0.2) is 42.5 Å². The number of hydrogen-bond acceptors (Lipinski definition) is 1. The Morgan fingerprint density at radius 2 is 1.83 bits per heavy atom. The Hall–Kier alpha value is -2.30. The molecule has 0 fully saturated rings. The molecule has 5 heteroatoms. The smallest absolute Gasteiger partial charge is 0.416 e. The second-order valence-corrected chi connectivity index (χ2v) is 5.65. The highest BCUT2D eigenvalue weighted by molar-refractivity contribution is 5.77. The molecule has 1 N–H and O–H groups in total. The van der Waals surface area contributed by atoms with E-state index in [0.29, 0.717) is 11.1 Å². The molecule has 2 nitrogen and oxygen atoms in total. The monoisotopic (exact) mass is 322 g/mol. The minimum absolute atomic E-state index is 0.0170. The van der Waals surface area contributed by atoms with Gasteiger partial charge in [0.05, 0.1) is 11.5 Å². The minimum atomic E-state index is -4.44. The number of halogens is 3. The lowest BCUT2D eigenvalue weighted by Gasteiger charge is -2.17. The molecule has 0 heterocycles. The van der Waals surface area contributed by atoms with Gasteiger partial charge in [-0.1, -0.05) is 42.0 Å². The lowest BCUT2D eigenvalue weighted by Crippen LogP contribution is -2.16. The third kappa shape index (κ3) is 4.12. The predicted molar refractivity (Wildman–Crippen MR) is 81.4 cm³/mol. The van der Waals surface area contributed by atoms with E-state index in [1.165, 1.54) is 12.1 Å². The second-order valence-electron chi connectivity index (χ2n) is 5.65. The molecule has 0 radical (unpaired) electrons. The van der Waals surface area contributed by atoms with Crippen LogP contribution < -0.4 is 0 Å². The first-order valence-electron chi connectivity index (χ1n) is 7.14. The van der Waals surface area contributed by atoms with Gasteiger partial charge in [0.15, 0.2) is 0 Å². The zero-order chi connectivity index (χ0) is 17.2. The van der Waals surface area contributed by atoms with Gasteiger partial charge in [-0.3, -0.25) is 4.79 Å². The Morgan fingerprint density at radius 1 is 1.13 bits per heavy atom. The van der Waals surface area contributed by atoms with Crippen molar-refractivity contribution < 1.29 is 23.1 Å². The summed E-state index contributed by atoms with van der Waals surface area (Å²) in [5.41, 5.74) is 2.05. The van der Waals surface area contributed by atoms with E-state index in [9.17, 15) is 23.1 Å². The van der Waals surface area contributed by atoms with Crippen LogP contribution in [0.2, 0.25) is 0 Å². The van der Waals surface area contributed by atoms with E-state index in [-0.39, 0.29) is 6.42 Å². The normalized spacial score (nSPS) is 12.9. The summed E-state index contributed by atoms with van der Waals surface area (Å²) in [6.07, 6.45) is -4.42. The quantitative estimate of drug-likeness (QED) is 0.883. The zero-order valence-electron chi connectivity index (χ0n) is 12.8. The molecule has 1 atom stereocenters. The van der Waals surface area contributed by atoms with Gasteiger partial charge in [0.2, 0.25) is 0 Å². The van der Waals surface area contributed by atoms with E-state index in [1.54, 1.807) is 6.07 Å². The molecule has 0 aliphatic heterocycles. The van der Waals surface area contributed by atoms with E-state index in [4.69, 9.17) is 0 Å². The van der Waals surface area contributed by atoms with Gasteiger partial charge in [0.1, 0.15) is 0 Å². The number of aryl methyl sites for hydroxylation is 2. The fourth-order valence-electron chi connectivity index (χ4n) is 2.66. The maximum Gasteiger partial charge on any atom is 0.416 e. The Morgan fingerprint density at radius 3 is 2.39 bits per heavy atom. The Labute approximate surface area is 132 Å². The first-order chi connectivity index (χ1) is 10.7. The maximum absolute atomic E-state index is 12.8. The van der Waals surface area contributed by atoms with E-state index in [1.807, 2.05) is 26.0 Å². The second kappa shape index (κ2) is 6.44. The standard InChI is InChI=1S/C18H17F3O2/c1-11-6-7-15(12(2)8-11)16(17(22)23)10-13-4-3-5-14(9-13)18(19,20)21/h3-9,16H,10H2,1-2H3,(H,22,23). The molecule has 1 unspecified atom stereocenters. The molecular formula is C18H17F3O2. The summed E-state index contributed by atoms with van der Waals surface area (Å²) in [5.74, 6) is -1.92. The molecule has 23 heavy (non-hydrogen) atoms. The van der Waals surface area contributed by atoms with Gasteiger partial charge < -0.3 is 5.11 Å². The van der Waals surface area contributed by atoms with Crippen molar-refractivity contribution in [1.29, 1.82) is 0 Å². The molecule has 0 saturated heterocycles. The predicted octanol–water partition coefficient (Wildman–Crippen LogP) is 4.73. The number of rotatable bonds is 4. The number of benzene rings is 2. The van der Waals surface area contributed by atoms with Gasteiger partial charge in [0, 0.05) is 0 Å². The van der Waals surface area contributed by atoms with Crippen LogP contribution in [0.5, 0.6) is 0 Å². The van der Waals surface area contributed by atoms with Crippen molar-refractivity contribution in [2.75, 3.05) is 0 Å². The Balaban J connectivity index is 2.36. The molecule has 0 aliphatic carbocycles. The van der Waals surface area contributed by atoms with Crippen LogP contribution >= 0.6 is 0 Å². The molecule has 122 valence electrons. The fourth-order valence-corrected chi connectivity index (χ4v) is 2.66. The van der Waals surface area contributed by atoms with E-state index in [0.717, 1.165) is 23.3 Å². The van der Waals surface area contributed by atoms with Crippen molar-refractivity contribution >= 4 is 5.97 Å². The summed E-state index contributed by atoms with van der Waals surface area (Å²) < 4.78 is 38.3. The van der Waals surface area contributed by atoms with Gasteiger partial charge in [0.25, 0.3) is 0 Å². The zero-order valence-corrected chi connectivity index (χ0v) is 12.8. The first-order valence-corrected chi connectivity index (χ1v) is 7.14. The molecular weight excluding hydrogens is 305 g/mol. The summed E-state index contributed by atoms with van der Waals surface area (Å²) in [7, 11) is 0. The van der Waals surface area contributed by atoms with Crippen LogP contribution in [-0.2, 0) is 17.4 Å². The van der Waals surface area contributed by atoms with E-state index in [2.05, 4.69) is 0 Å². The highest BCUT2D eigenvalue weighted by Crippen LogP contribution is 2.31. The minimum Gasteiger partial charge on any atom is -0.481 e. The molecule has 2 aromatic carbocycles. The topological polar surface area (TPSA) is 37.3 Å². The lowest BCUT2D eigenvalue weighted by atomic mass is 9.88. The third-order valence-electron chi connectivity index (χ3n) is 3.79. The van der Waals surface area contributed by atoms with Crippen molar-refractivity contribution in [1.82, 2.24) is 0 Å². The summed E-state index contributed by atoms with van der Waals surface area (Å²) in [6, 6.07) is 10.2. The van der Waals surface area contributed by atoms with Crippen LogP contribution in [-0.4, -0.2) is 11.1 Å². The Bertz CT molecular complexity index is 720. The van der Waals surface area contributed by atoms with Gasteiger partial charge in [-0.15, -0.1) is 0 Å². The van der Waals surface area contributed by atoms with Crippen molar-refractivity contribution in [3.8, 4) is 0 Å². The average Bonchev–Trinajstić information content (AvgIpc) is 2.44. The van der Waals surface area contributed by atoms with Crippen molar-refractivity contribution in [3.05, 3.63) is 70.3 Å². The summed E-state index contributed by atoms with van der Waals surface area (Å²) in [4.78, 5) is 11.6. The number of alkyl halides is 3. The maximum atomic E-state index is 12.8. The van der Waals surface area contributed by atoms with Crippen LogP contribution in [0.1, 0.15) is 33.7 Å². The number of carboxylic acids is 1. The molecule has 0 aliphatic rings. The van der Waals surface area contributed by atoms with Crippen LogP contribution in [0.4, 0.5) is 13.2 Å². The molecule has 2 rings (SSSR count). The van der Waals surface area contributed by atoms with E-state index < -0.39 is 23.6 Å².